The van der Waals surface area contributed by atoms with E-state index in [0.717, 1.165) is 29.3 Å². The number of anilines is 1. The summed E-state index contributed by atoms with van der Waals surface area (Å²) in [5.74, 6) is -0.202. The molecule has 0 radical (unpaired) electrons. The zero-order chi connectivity index (χ0) is 15.5. The van der Waals surface area contributed by atoms with Gasteiger partial charge in [-0.05, 0) is 53.4 Å². The summed E-state index contributed by atoms with van der Waals surface area (Å²) in [6.07, 6.45) is 4.09. The van der Waals surface area contributed by atoms with E-state index in [9.17, 15) is 4.79 Å². The number of nitrogens with zero attached hydrogens (tertiary/aromatic N) is 1. The predicted octanol–water partition coefficient (Wildman–Crippen LogP) is 3.39. The Morgan fingerprint density at radius 3 is 2.67 bits per heavy atom. The zero-order valence-corrected chi connectivity index (χ0v) is 13.6. The van der Waals surface area contributed by atoms with Gasteiger partial charge in [0.05, 0.1) is 5.69 Å². The standard InChI is InChI=1S/C15H20BrN3O2/c1-10-5-6-11(16)12(9-10)18-14(20)15(13(17)19-21)7-3-2-4-8-15/h5-6,9,21H,2-4,7-8H2,1H3,(H2,17,19)(H,18,20). The van der Waals surface area contributed by atoms with Crippen LogP contribution in [0.5, 0.6) is 0 Å². The number of carbonyl (C=O) groups excluding carboxylic acids is 1. The molecule has 0 bridgehead atoms. The first-order valence-electron chi connectivity index (χ1n) is 7.05. The van der Waals surface area contributed by atoms with Crippen molar-refractivity contribution in [3.8, 4) is 0 Å². The maximum atomic E-state index is 12.7. The monoisotopic (exact) mass is 353 g/mol. The van der Waals surface area contributed by atoms with E-state index in [1.807, 2.05) is 25.1 Å². The van der Waals surface area contributed by atoms with Crippen molar-refractivity contribution in [3.63, 3.8) is 0 Å². The van der Waals surface area contributed by atoms with Crippen LogP contribution in [0.15, 0.2) is 27.8 Å². The van der Waals surface area contributed by atoms with Crippen LogP contribution in [-0.4, -0.2) is 17.0 Å². The second-order valence-electron chi connectivity index (χ2n) is 5.57. The lowest BCUT2D eigenvalue weighted by molar-refractivity contribution is -0.123. The van der Waals surface area contributed by atoms with Crippen molar-refractivity contribution in [2.75, 3.05) is 5.32 Å². The molecule has 1 saturated carbocycles. The summed E-state index contributed by atoms with van der Waals surface area (Å²) in [6, 6.07) is 5.74. The number of oxime groups is 1. The molecular formula is C15H20BrN3O2. The fraction of sp³-hybridized carbons (Fsp3) is 0.467. The number of rotatable bonds is 3. The van der Waals surface area contributed by atoms with Crippen LogP contribution >= 0.6 is 15.9 Å². The molecule has 4 N–H and O–H groups in total. The molecule has 1 aromatic rings. The number of nitrogens with one attached hydrogen (secondary N) is 1. The molecule has 0 saturated heterocycles. The Bertz CT molecular complexity index is 566. The third-order valence-electron chi connectivity index (χ3n) is 4.11. The van der Waals surface area contributed by atoms with Gasteiger partial charge in [-0.2, -0.15) is 0 Å². The van der Waals surface area contributed by atoms with Crippen molar-refractivity contribution in [3.05, 3.63) is 28.2 Å². The molecule has 5 nitrogen and oxygen atoms in total. The van der Waals surface area contributed by atoms with Gasteiger partial charge in [0.2, 0.25) is 5.91 Å². The fourth-order valence-corrected chi connectivity index (χ4v) is 3.17. The quantitative estimate of drug-likeness (QED) is 0.336. The Morgan fingerprint density at radius 2 is 2.05 bits per heavy atom. The van der Waals surface area contributed by atoms with Crippen LogP contribution in [-0.2, 0) is 4.79 Å². The molecule has 1 aliphatic carbocycles. The van der Waals surface area contributed by atoms with Crippen molar-refractivity contribution in [1.82, 2.24) is 0 Å². The third kappa shape index (κ3) is 3.20. The first kappa shape index (κ1) is 15.8. The molecule has 0 heterocycles. The highest BCUT2D eigenvalue weighted by molar-refractivity contribution is 9.10. The molecule has 1 aromatic carbocycles. The van der Waals surface area contributed by atoms with E-state index in [1.165, 1.54) is 0 Å². The number of amides is 1. The summed E-state index contributed by atoms with van der Waals surface area (Å²) in [5.41, 5.74) is 6.68. The highest BCUT2D eigenvalue weighted by Gasteiger charge is 2.44. The molecule has 1 fully saturated rings. The minimum Gasteiger partial charge on any atom is -0.409 e. The number of amidine groups is 1. The summed E-state index contributed by atoms with van der Waals surface area (Å²) in [4.78, 5) is 12.7. The lowest BCUT2D eigenvalue weighted by Crippen LogP contribution is -2.48. The van der Waals surface area contributed by atoms with Gasteiger partial charge in [0, 0.05) is 4.47 Å². The number of hydrogen-bond donors (Lipinski definition) is 3. The van der Waals surface area contributed by atoms with Gasteiger partial charge >= 0.3 is 0 Å². The number of halogens is 1. The van der Waals surface area contributed by atoms with Crippen LogP contribution in [0.25, 0.3) is 0 Å². The van der Waals surface area contributed by atoms with Crippen molar-refractivity contribution >= 4 is 33.4 Å². The van der Waals surface area contributed by atoms with E-state index in [0.29, 0.717) is 18.5 Å². The molecule has 1 amide bonds. The van der Waals surface area contributed by atoms with Gasteiger partial charge in [-0.3, -0.25) is 4.79 Å². The van der Waals surface area contributed by atoms with Gasteiger partial charge in [0.15, 0.2) is 5.84 Å². The number of nitrogens with two attached hydrogens (primary N) is 1. The number of aryl methyl sites for hydroxylation is 1. The number of benzene rings is 1. The normalized spacial score (nSPS) is 18.3. The molecule has 1 aliphatic rings. The maximum Gasteiger partial charge on any atom is 0.238 e. The van der Waals surface area contributed by atoms with Crippen LogP contribution in [0.4, 0.5) is 5.69 Å². The molecule has 114 valence electrons. The first-order chi connectivity index (χ1) is 9.99. The van der Waals surface area contributed by atoms with Crippen molar-refractivity contribution < 1.29 is 10.0 Å². The van der Waals surface area contributed by atoms with Crippen molar-refractivity contribution in [1.29, 1.82) is 0 Å². The molecule has 0 atom stereocenters. The van der Waals surface area contributed by atoms with E-state index in [4.69, 9.17) is 10.9 Å². The van der Waals surface area contributed by atoms with Crippen LogP contribution < -0.4 is 11.1 Å². The largest absolute Gasteiger partial charge is 0.409 e. The molecule has 0 spiro atoms. The Kier molecular flexibility index (Phi) is 4.88. The Labute approximate surface area is 132 Å². The topological polar surface area (TPSA) is 87.7 Å². The molecule has 0 unspecified atom stereocenters. The second kappa shape index (κ2) is 6.47. The van der Waals surface area contributed by atoms with Crippen LogP contribution in [0.1, 0.15) is 37.7 Å². The summed E-state index contributed by atoms with van der Waals surface area (Å²) < 4.78 is 0.812. The highest BCUT2D eigenvalue weighted by atomic mass is 79.9. The summed E-state index contributed by atoms with van der Waals surface area (Å²) in [5, 5.41) is 15.1. The summed E-state index contributed by atoms with van der Waals surface area (Å²) in [6.45, 7) is 1.96. The van der Waals surface area contributed by atoms with Crippen LogP contribution in [0.3, 0.4) is 0 Å². The molecule has 0 aromatic heterocycles. The average molecular weight is 354 g/mol. The van der Waals surface area contributed by atoms with Crippen molar-refractivity contribution in [2.24, 2.45) is 16.3 Å². The molecule has 6 heteroatoms. The van der Waals surface area contributed by atoms with Gasteiger partial charge in [0.1, 0.15) is 5.41 Å². The predicted molar refractivity (Wildman–Crippen MR) is 86.4 cm³/mol. The smallest absolute Gasteiger partial charge is 0.238 e. The Morgan fingerprint density at radius 1 is 1.38 bits per heavy atom. The lowest BCUT2D eigenvalue weighted by atomic mass is 9.72. The van der Waals surface area contributed by atoms with Crippen molar-refractivity contribution in [2.45, 2.75) is 39.0 Å². The van der Waals surface area contributed by atoms with Crippen LogP contribution in [0, 0.1) is 12.3 Å². The molecule has 2 rings (SSSR count). The van der Waals surface area contributed by atoms with Crippen LogP contribution in [0.2, 0.25) is 0 Å². The average Bonchev–Trinajstić information content (AvgIpc) is 2.50. The Balaban J connectivity index is 2.29. The van der Waals surface area contributed by atoms with E-state index in [2.05, 4.69) is 26.4 Å². The number of hydrogen-bond acceptors (Lipinski definition) is 3. The minimum absolute atomic E-state index is 0.00322. The second-order valence-corrected chi connectivity index (χ2v) is 6.42. The zero-order valence-electron chi connectivity index (χ0n) is 12.0. The summed E-state index contributed by atoms with van der Waals surface area (Å²) >= 11 is 3.43. The molecular weight excluding hydrogens is 334 g/mol. The van der Waals surface area contributed by atoms with Gasteiger partial charge in [0.25, 0.3) is 0 Å². The third-order valence-corrected chi connectivity index (χ3v) is 4.80. The number of carbonyl (C=O) groups is 1. The van der Waals surface area contributed by atoms with E-state index in [1.54, 1.807) is 0 Å². The Hall–Kier alpha value is -1.56. The molecule has 21 heavy (non-hydrogen) atoms. The van der Waals surface area contributed by atoms with Gasteiger partial charge in [-0.25, -0.2) is 0 Å². The maximum absolute atomic E-state index is 12.7. The SMILES string of the molecule is Cc1ccc(Br)c(NC(=O)C2(/C(N)=N/O)CCCCC2)c1. The van der Waals surface area contributed by atoms with E-state index in [-0.39, 0.29) is 11.7 Å². The lowest BCUT2D eigenvalue weighted by Gasteiger charge is -2.34. The van der Waals surface area contributed by atoms with Gasteiger partial charge < -0.3 is 16.3 Å². The fourth-order valence-electron chi connectivity index (χ4n) is 2.83. The van der Waals surface area contributed by atoms with E-state index < -0.39 is 5.41 Å². The first-order valence-corrected chi connectivity index (χ1v) is 7.84. The minimum atomic E-state index is -0.907. The molecule has 0 aliphatic heterocycles. The summed E-state index contributed by atoms with van der Waals surface area (Å²) in [7, 11) is 0. The highest BCUT2D eigenvalue weighted by Crippen LogP contribution is 2.38. The van der Waals surface area contributed by atoms with Gasteiger partial charge in [-0.1, -0.05) is 30.5 Å². The van der Waals surface area contributed by atoms with E-state index >= 15 is 0 Å². The van der Waals surface area contributed by atoms with Gasteiger partial charge in [-0.15, -0.1) is 0 Å².